The molecule has 1 saturated heterocycles. The topological polar surface area (TPSA) is 92.8 Å². The second-order valence-corrected chi connectivity index (χ2v) is 9.44. The molecule has 0 bridgehead atoms. The number of carbonyl (C=O) groups excluding carboxylic acids is 2. The summed E-state index contributed by atoms with van der Waals surface area (Å²) in [5.74, 6) is 1.67. The summed E-state index contributed by atoms with van der Waals surface area (Å²) in [6, 6.07) is 16.4. The van der Waals surface area contributed by atoms with Crippen molar-refractivity contribution in [3.8, 4) is 23.0 Å². The minimum Gasteiger partial charge on any atom is -0.496 e. The second-order valence-electron chi connectivity index (χ2n) is 9.44. The van der Waals surface area contributed by atoms with Crippen LogP contribution in [0.15, 0.2) is 60.7 Å². The third kappa shape index (κ3) is 6.90. The molecule has 0 atom stereocenters. The highest BCUT2D eigenvalue weighted by atomic mass is 16.5. The Kier molecular flexibility index (Phi) is 9.70. The highest BCUT2D eigenvalue weighted by Crippen LogP contribution is 2.37. The van der Waals surface area contributed by atoms with Crippen molar-refractivity contribution < 1.29 is 28.5 Å². The predicted molar refractivity (Wildman–Crippen MR) is 161 cm³/mol. The number of likely N-dealkylation sites (N-methyl/N-ethyl adjacent to an activating group) is 1. The van der Waals surface area contributed by atoms with Gasteiger partial charge in [0.2, 0.25) is 12.3 Å². The Morgan fingerprint density at radius 2 is 1.46 bits per heavy atom. The van der Waals surface area contributed by atoms with E-state index < -0.39 is 0 Å². The predicted octanol–water partition coefficient (Wildman–Crippen LogP) is 4.42. The van der Waals surface area contributed by atoms with Gasteiger partial charge >= 0.3 is 0 Å². The summed E-state index contributed by atoms with van der Waals surface area (Å²) in [5.41, 5.74) is 3.37. The van der Waals surface area contributed by atoms with Gasteiger partial charge in [0.15, 0.2) is 0 Å². The minimum absolute atomic E-state index is 0.379. The first kappa shape index (κ1) is 29.3. The van der Waals surface area contributed by atoms with Crippen molar-refractivity contribution in [2.75, 3.05) is 76.8 Å². The van der Waals surface area contributed by atoms with Gasteiger partial charge in [0, 0.05) is 61.4 Å². The number of hydrogen-bond acceptors (Lipinski definition) is 8. The van der Waals surface area contributed by atoms with E-state index in [9.17, 15) is 9.59 Å². The van der Waals surface area contributed by atoms with Crippen LogP contribution in [0.1, 0.15) is 5.56 Å². The monoisotopic (exact) mass is 560 g/mol. The molecule has 3 aromatic carbocycles. The van der Waals surface area contributed by atoms with Crippen LogP contribution in [0.5, 0.6) is 23.0 Å². The molecule has 0 aromatic heterocycles. The van der Waals surface area contributed by atoms with Crippen LogP contribution in [0, 0.1) is 0 Å². The van der Waals surface area contributed by atoms with Gasteiger partial charge < -0.3 is 34.1 Å². The molecule has 1 fully saturated rings. The normalized spacial score (nSPS) is 13.5. The van der Waals surface area contributed by atoms with Crippen LogP contribution in [-0.4, -0.2) is 78.9 Å². The summed E-state index contributed by atoms with van der Waals surface area (Å²) in [4.78, 5) is 31.3. The molecule has 0 aliphatic carbocycles. The van der Waals surface area contributed by atoms with E-state index in [1.165, 1.54) is 32.3 Å². The molecule has 4 rings (SSSR count). The lowest BCUT2D eigenvalue weighted by Gasteiger charge is -2.34. The van der Waals surface area contributed by atoms with Gasteiger partial charge in [-0.1, -0.05) is 0 Å². The standard InChI is InChI=1S/C31H36N4O6/c1-33-14-16-34(17-15-33)23-7-9-24(10-8-23)35(21-36)27-18-22(6-12-28(27)39-3)32-31(37)13-11-26-29(40-4)19-25(38-2)20-30(26)41-5/h6-13,18-21H,14-17H2,1-5H3,(H,32,37)/b13-11+. The molecular formula is C31H36N4O6. The average Bonchev–Trinajstić information content (AvgIpc) is 3.00. The zero-order valence-corrected chi connectivity index (χ0v) is 24.0. The maximum absolute atomic E-state index is 12.9. The first-order chi connectivity index (χ1) is 19.9. The smallest absolute Gasteiger partial charge is 0.248 e. The number of carbonyl (C=O) groups is 2. The molecule has 0 radical (unpaired) electrons. The van der Waals surface area contributed by atoms with Crippen molar-refractivity contribution in [2.45, 2.75) is 0 Å². The third-order valence-electron chi connectivity index (χ3n) is 6.96. The van der Waals surface area contributed by atoms with Crippen LogP contribution >= 0.6 is 0 Å². The van der Waals surface area contributed by atoms with E-state index in [0.29, 0.717) is 45.6 Å². The molecule has 10 heteroatoms. The van der Waals surface area contributed by atoms with Gasteiger partial charge in [-0.15, -0.1) is 0 Å². The van der Waals surface area contributed by atoms with Crippen LogP contribution < -0.4 is 34.1 Å². The Morgan fingerprint density at radius 1 is 0.829 bits per heavy atom. The molecular weight excluding hydrogens is 524 g/mol. The van der Waals surface area contributed by atoms with Gasteiger partial charge in [-0.2, -0.15) is 0 Å². The zero-order valence-electron chi connectivity index (χ0n) is 24.0. The van der Waals surface area contributed by atoms with Gasteiger partial charge in [0.25, 0.3) is 0 Å². The summed E-state index contributed by atoms with van der Waals surface area (Å²) in [7, 11) is 8.27. The number of rotatable bonds is 11. The number of ether oxygens (including phenoxy) is 4. The number of nitrogens with zero attached hydrogens (tertiary/aromatic N) is 3. The van der Waals surface area contributed by atoms with Crippen molar-refractivity contribution in [1.82, 2.24) is 4.90 Å². The molecule has 3 aromatic rings. The largest absolute Gasteiger partial charge is 0.496 e. The van der Waals surface area contributed by atoms with Gasteiger partial charge in [-0.05, 0) is 55.6 Å². The van der Waals surface area contributed by atoms with E-state index in [2.05, 4.69) is 22.2 Å². The van der Waals surface area contributed by atoms with Crippen molar-refractivity contribution in [1.29, 1.82) is 0 Å². The van der Waals surface area contributed by atoms with Gasteiger partial charge in [0.05, 0.1) is 39.7 Å². The van der Waals surface area contributed by atoms with Crippen molar-refractivity contribution in [3.63, 3.8) is 0 Å². The summed E-state index contributed by atoms with van der Waals surface area (Å²) < 4.78 is 21.7. The van der Waals surface area contributed by atoms with E-state index in [0.717, 1.165) is 38.3 Å². The number of hydrogen-bond donors (Lipinski definition) is 1. The molecule has 1 heterocycles. The van der Waals surface area contributed by atoms with E-state index in [1.54, 1.807) is 43.5 Å². The minimum atomic E-state index is -0.379. The van der Waals surface area contributed by atoms with E-state index in [1.807, 2.05) is 24.3 Å². The Bertz CT molecular complexity index is 1360. The van der Waals surface area contributed by atoms with Gasteiger partial charge in [-0.3, -0.25) is 14.5 Å². The molecule has 10 nitrogen and oxygen atoms in total. The molecule has 1 aliphatic heterocycles. The Labute approximate surface area is 240 Å². The van der Waals surface area contributed by atoms with E-state index in [4.69, 9.17) is 18.9 Å². The fourth-order valence-electron chi connectivity index (χ4n) is 4.64. The number of methoxy groups -OCH3 is 4. The number of anilines is 4. The first-order valence-electron chi connectivity index (χ1n) is 13.2. The number of amides is 2. The zero-order chi connectivity index (χ0) is 29.4. The van der Waals surface area contributed by atoms with Crippen molar-refractivity contribution in [2.24, 2.45) is 0 Å². The van der Waals surface area contributed by atoms with Crippen LogP contribution in [0.2, 0.25) is 0 Å². The van der Waals surface area contributed by atoms with Crippen LogP contribution in [0.3, 0.4) is 0 Å². The summed E-state index contributed by atoms with van der Waals surface area (Å²) in [6.07, 6.45) is 3.72. The fourth-order valence-corrected chi connectivity index (χ4v) is 4.64. The number of benzene rings is 3. The molecule has 0 unspecified atom stereocenters. The lowest BCUT2D eigenvalue weighted by atomic mass is 10.1. The van der Waals surface area contributed by atoms with Crippen LogP contribution in [-0.2, 0) is 9.59 Å². The number of piperazine rings is 1. The molecule has 1 N–H and O–H groups in total. The van der Waals surface area contributed by atoms with Crippen molar-refractivity contribution in [3.05, 3.63) is 66.2 Å². The summed E-state index contributed by atoms with van der Waals surface area (Å²) in [5, 5.41) is 2.85. The van der Waals surface area contributed by atoms with Crippen LogP contribution in [0.25, 0.3) is 6.08 Å². The molecule has 0 saturated carbocycles. The van der Waals surface area contributed by atoms with Gasteiger partial charge in [-0.25, -0.2) is 0 Å². The summed E-state index contributed by atoms with van der Waals surface area (Å²) >= 11 is 0. The average molecular weight is 561 g/mol. The third-order valence-corrected chi connectivity index (χ3v) is 6.96. The Hall–Kier alpha value is -4.70. The second kappa shape index (κ2) is 13.6. The fraction of sp³-hybridized carbons (Fsp3) is 0.290. The maximum atomic E-state index is 12.9. The lowest BCUT2D eigenvalue weighted by molar-refractivity contribution is -0.112. The number of nitrogens with one attached hydrogen (secondary N) is 1. The van der Waals surface area contributed by atoms with E-state index >= 15 is 0 Å². The highest BCUT2D eigenvalue weighted by Gasteiger charge is 2.18. The Balaban J connectivity index is 1.54. The van der Waals surface area contributed by atoms with Crippen molar-refractivity contribution >= 4 is 41.1 Å². The molecule has 0 spiro atoms. The molecule has 2 amide bonds. The highest BCUT2D eigenvalue weighted by molar-refractivity contribution is 6.03. The van der Waals surface area contributed by atoms with E-state index in [-0.39, 0.29) is 5.91 Å². The first-order valence-corrected chi connectivity index (χ1v) is 13.2. The summed E-state index contributed by atoms with van der Waals surface area (Å²) in [6.45, 7) is 3.92. The quantitative estimate of drug-likeness (QED) is 0.272. The SMILES string of the molecule is COc1cc(OC)c(/C=C/C(=O)Nc2ccc(OC)c(N(C=O)c3ccc(N4CCN(C)CC4)cc3)c2)c(OC)c1. The maximum Gasteiger partial charge on any atom is 0.248 e. The molecule has 216 valence electrons. The molecule has 1 aliphatic rings. The Morgan fingerprint density at radius 3 is 2.02 bits per heavy atom. The van der Waals surface area contributed by atoms with Crippen LogP contribution in [0.4, 0.5) is 22.7 Å². The van der Waals surface area contributed by atoms with Gasteiger partial charge in [0.1, 0.15) is 23.0 Å². The lowest BCUT2D eigenvalue weighted by Crippen LogP contribution is -2.44. The molecule has 41 heavy (non-hydrogen) atoms.